The van der Waals surface area contributed by atoms with Crippen LogP contribution in [0.5, 0.6) is 0 Å². The lowest BCUT2D eigenvalue weighted by Gasteiger charge is -2.10. The molecule has 19 heavy (non-hydrogen) atoms. The number of carbonyl (C=O) groups excluding carboxylic acids is 1. The highest BCUT2D eigenvalue weighted by Crippen LogP contribution is 2.24. The number of benzene rings is 1. The lowest BCUT2D eigenvalue weighted by atomic mass is 10.1. The van der Waals surface area contributed by atoms with Crippen LogP contribution in [0.25, 0.3) is 0 Å². The zero-order valence-corrected chi connectivity index (χ0v) is 10.8. The first-order chi connectivity index (χ1) is 8.83. The van der Waals surface area contributed by atoms with E-state index in [-0.39, 0.29) is 30.9 Å². The average molecular weight is 281 g/mol. The molecular weight excluding hydrogens is 268 g/mol. The van der Waals surface area contributed by atoms with Gasteiger partial charge in [0.1, 0.15) is 6.04 Å². The van der Waals surface area contributed by atoms with Crippen molar-refractivity contribution in [3.8, 4) is 0 Å². The highest BCUT2D eigenvalue weighted by atomic mass is 35.5. The van der Waals surface area contributed by atoms with E-state index in [1.807, 2.05) is 24.3 Å². The molecule has 0 bridgehead atoms. The molecule has 0 fully saturated rings. The summed E-state index contributed by atoms with van der Waals surface area (Å²) < 4.78 is 0. The Bertz CT molecular complexity index is 533. The first-order valence-electron chi connectivity index (χ1n) is 5.67. The maximum Gasteiger partial charge on any atom is 0.243 e. The second kappa shape index (κ2) is 5.66. The average Bonchev–Trinajstić information content (AvgIpc) is 3.04. The van der Waals surface area contributed by atoms with Crippen LogP contribution in [0, 0.1) is 0 Å². The molecule has 1 aliphatic heterocycles. The number of tetrazole rings is 1. The van der Waals surface area contributed by atoms with Gasteiger partial charge in [-0.05, 0) is 11.6 Å². The highest BCUT2D eigenvalue weighted by molar-refractivity contribution is 5.87. The molecule has 3 rings (SSSR count). The highest BCUT2D eigenvalue weighted by Gasteiger charge is 2.26. The number of aromatic amines is 1. The molecule has 0 radical (unpaired) electrons. The molecule has 100 valence electrons. The summed E-state index contributed by atoms with van der Waals surface area (Å²) in [5.41, 5.74) is 2.19. The smallest absolute Gasteiger partial charge is 0.243 e. The summed E-state index contributed by atoms with van der Waals surface area (Å²) in [6.45, 7) is 0.282. The molecule has 2 heterocycles. The van der Waals surface area contributed by atoms with Crippen molar-refractivity contribution in [3.05, 3.63) is 35.7 Å². The Morgan fingerprint density at radius 2 is 2.26 bits per heavy atom. The number of aromatic nitrogens is 4. The van der Waals surface area contributed by atoms with Gasteiger partial charge in [-0.2, -0.15) is 5.21 Å². The molecule has 7 nitrogen and oxygen atoms in total. The number of hydrogen-bond donors (Lipinski definition) is 3. The fraction of sp³-hybridized carbons (Fsp3) is 0.273. The number of carbonyl (C=O) groups is 1. The first kappa shape index (κ1) is 13.3. The third kappa shape index (κ3) is 2.82. The monoisotopic (exact) mass is 280 g/mol. The molecule has 8 heteroatoms. The number of anilines is 1. The van der Waals surface area contributed by atoms with Crippen LogP contribution in [0.4, 0.5) is 5.69 Å². The topological polar surface area (TPSA) is 95.6 Å². The van der Waals surface area contributed by atoms with Crippen LogP contribution in [-0.4, -0.2) is 32.6 Å². The number of H-pyrrole nitrogens is 1. The molecule has 0 aliphatic carbocycles. The van der Waals surface area contributed by atoms with Gasteiger partial charge in [-0.25, -0.2) is 0 Å². The quantitative estimate of drug-likeness (QED) is 0.750. The minimum Gasteiger partial charge on any atom is -0.373 e. The van der Waals surface area contributed by atoms with Crippen LogP contribution in [-0.2, 0) is 17.8 Å². The summed E-state index contributed by atoms with van der Waals surface area (Å²) >= 11 is 0. The van der Waals surface area contributed by atoms with E-state index in [9.17, 15) is 4.79 Å². The molecule has 1 aliphatic rings. The van der Waals surface area contributed by atoms with E-state index in [0.29, 0.717) is 12.2 Å². The maximum atomic E-state index is 11.9. The Labute approximate surface area is 115 Å². The van der Waals surface area contributed by atoms with Gasteiger partial charge in [-0.1, -0.05) is 23.4 Å². The number of hydrogen-bond acceptors (Lipinski definition) is 5. The van der Waals surface area contributed by atoms with Crippen LogP contribution in [0.15, 0.2) is 24.3 Å². The van der Waals surface area contributed by atoms with E-state index >= 15 is 0 Å². The van der Waals surface area contributed by atoms with Crippen molar-refractivity contribution < 1.29 is 4.79 Å². The number of nitrogens with one attached hydrogen (secondary N) is 3. The van der Waals surface area contributed by atoms with Gasteiger partial charge in [0.2, 0.25) is 5.91 Å². The van der Waals surface area contributed by atoms with Gasteiger partial charge < -0.3 is 10.6 Å². The van der Waals surface area contributed by atoms with E-state index < -0.39 is 0 Å². The van der Waals surface area contributed by atoms with Crippen LogP contribution >= 0.6 is 12.4 Å². The second-order valence-electron chi connectivity index (χ2n) is 4.10. The second-order valence-corrected chi connectivity index (χ2v) is 4.10. The predicted octanol–water partition coefficient (Wildman–Crippen LogP) is 0.274. The van der Waals surface area contributed by atoms with Crippen molar-refractivity contribution in [2.75, 3.05) is 5.32 Å². The number of para-hydroxylation sites is 1. The Morgan fingerprint density at radius 3 is 3.00 bits per heavy atom. The zero-order valence-electron chi connectivity index (χ0n) is 9.96. The number of nitrogens with zero attached hydrogens (tertiary/aromatic N) is 3. The summed E-state index contributed by atoms with van der Waals surface area (Å²) in [4.78, 5) is 11.9. The summed E-state index contributed by atoms with van der Waals surface area (Å²) in [5.74, 6) is 0.412. The van der Waals surface area contributed by atoms with E-state index in [1.165, 1.54) is 0 Å². The molecule has 1 aromatic heterocycles. The molecule has 1 amide bonds. The van der Waals surface area contributed by atoms with Crippen LogP contribution in [0.2, 0.25) is 0 Å². The fourth-order valence-electron chi connectivity index (χ4n) is 2.00. The van der Waals surface area contributed by atoms with Gasteiger partial charge in [0.05, 0.1) is 6.54 Å². The number of halogens is 1. The van der Waals surface area contributed by atoms with Crippen LogP contribution < -0.4 is 10.6 Å². The number of fused-ring (bicyclic) bond motifs is 1. The molecule has 0 spiro atoms. The largest absolute Gasteiger partial charge is 0.373 e. The van der Waals surface area contributed by atoms with Gasteiger partial charge >= 0.3 is 0 Å². The van der Waals surface area contributed by atoms with Gasteiger partial charge in [0, 0.05) is 12.1 Å². The van der Waals surface area contributed by atoms with Gasteiger partial charge in [-0.3, -0.25) is 4.79 Å². The van der Waals surface area contributed by atoms with Gasteiger partial charge in [0.25, 0.3) is 0 Å². The van der Waals surface area contributed by atoms with Crippen LogP contribution in [0.3, 0.4) is 0 Å². The molecule has 0 unspecified atom stereocenters. The maximum absolute atomic E-state index is 11.9. The fourth-order valence-corrected chi connectivity index (χ4v) is 2.00. The molecule has 2 aromatic rings. The molecule has 0 saturated carbocycles. The standard InChI is InChI=1S/C11H12N6O.ClH/c18-11(12-6-10-14-16-17-15-10)9-5-7-3-1-2-4-8(7)13-9;/h1-4,9,13H,5-6H2,(H,12,18)(H,14,15,16,17);1H/t9-;/m0./s1. The lowest BCUT2D eigenvalue weighted by Crippen LogP contribution is -2.38. The van der Waals surface area contributed by atoms with Gasteiger partial charge in [-0.15, -0.1) is 22.6 Å². The molecule has 3 N–H and O–H groups in total. The lowest BCUT2D eigenvalue weighted by molar-refractivity contribution is -0.121. The van der Waals surface area contributed by atoms with Crippen molar-refractivity contribution in [2.24, 2.45) is 0 Å². The summed E-state index contributed by atoms with van der Waals surface area (Å²) in [6, 6.07) is 7.69. The van der Waals surface area contributed by atoms with E-state index in [0.717, 1.165) is 11.3 Å². The summed E-state index contributed by atoms with van der Waals surface area (Å²) in [6.07, 6.45) is 0.703. The number of amides is 1. The predicted molar refractivity (Wildman–Crippen MR) is 70.8 cm³/mol. The number of rotatable bonds is 3. The van der Waals surface area contributed by atoms with Crippen molar-refractivity contribution in [1.29, 1.82) is 0 Å². The first-order valence-corrected chi connectivity index (χ1v) is 5.67. The molecule has 0 saturated heterocycles. The van der Waals surface area contributed by atoms with Crippen molar-refractivity contribution in [2.45, 2.75) is 19.0 Å². The molecule has 1 aromatic carbocycles. The van der Waals surface area contributed by atoms with Crippen molar-refractivity contribution >= 4 is 24.0 Å². The Hall–Kier alpha value is -2.15. The summed E-state index contributed by atoms with van der Waals surface area (Å²) in [5, 5.41) is 19.3. The SMILES string of the molecule is Cl.O=C(NCc1nn[nH]n1)[C@@H]1Cc2ccccc2N1. The van der Waals surface area contributed by atoms with Gasteiger partial charge in [0.15, 0.2) is 5.82 Å². The molecule has 1 atom stereocenters. The van der Waals surface area contributed by atoms with E-state index in [2.05, 4.69) is 31.3 Å². The third-order valence-corrected chi connectivity index (χ3v) is 2.90. The van der Waals surface area contributed by atoms with E-state index in [1.54, 1.807) is 0 Å². The normalized spacial score (nSPS) is 16.1. The minimum atomic E-state index is -0.227. The van der Waals surface area contributed by atoms with E-state index in [4.69, 9.17) is 0 Å². The summed E-state index contributed by atoms with van der Waals surface area (Å²) in [7, 11) is 0. The zero-order chi connectivity index (χ0) is 12.4. The van der Waals surface area contributed by atoms with Crippen molar-refractivity contribution in [3.63, 3.8) is 0 Å². The Kier molecular flexibility index (Phi) is 3.96. The molecular formula is C11H13ClN6O. The minimum absolute atomic E-state index is 0. The van der Waals surface area contributed by atoms with Crippen molar-refractivity contribution in [1.82, 2.24) is 25.9 Å². The Balaban J connectivity index is 0.00000133. The third-order valence-electron chi connectivity index (χ3n) is 2.90. The Morgan fingerprint density at radius 1 is 1.42 bits per heavy atom. The van der Waals surface area contributed by atoms with Crippen LogP contribution in [0.1, 0.15) is 11.4 Å².